The Bertz CT molecular complexity index is 285. The molecule has 4 heteroatoms. The van der Waals surface area contributed by atoms with Crippen LogP contribution in [0.4, 0.5) is 4.79 Å². The molecule has 0 aromatic heterocycles. The first kappa shape index (κ1) is 11.7. The summed E-state index contributed by atoms with van der Waals surface area (Å²) in [5, 5.41) is 0. The highest BCUT2D eigenvalue weighted by atomic mass is 16.6. The second-order valence-electron chi connectivity index (χ2n) is 6.05. The maximum atomic E-state index is 11.9. The number of ether oxygens (including phenoxy) is 1. The van der Waals surface area contributed by atoms with Gasteiger partial charge in [-0.25, -0.2) is 4.79 Å². The zero-order chi connectivity index (χ0) is 11.9. The van der Waals surface area contributed by atoms with Crippen molar-refractivity contribution in [2.24, 2.45) is 17.6 Å². The topological polar surface area (TPSA) is 55.6 Å². The van der Waals surface area contributed by atoms with E-state index in [-0.39, 0.29) is 12.1 Å². The van der Waals surface area contributed by atoms with Gasteiger partial charge in [-0.1, -0.05) is 0 Å². The molecule has 1 aliphatic carbocycles. The van der Waals surface area contributed by atoms with Crippen molar-refractivity contribution >= 4 is 6.09 Å². The minimum atomic E-state index is -0.406. The van der Waals surface area contributed by atoms with E-state index in [1.54, 1.807) is 0 Å². The van der Waals surface area contributed by atoms with Gasteiger partial charge in [-0.05, 0) is 45.4 Å². The Labute approximate surface area is 97.1 Å². The average Bonchev–Trinajstić information content (AvgIpc) is 2.65. The van der Waals surface area contributed by atoms with Crippen molar-refractivity contribution in [1.29, 1.82) is 0 Å². The molecule has 1 aliphatic heterocycles. The number of carbonyl (C=O) groups is 1. The van der Waals surface area contributed by atoms with Crippen molar-refractivity contribution in [3.8, 4) is 0 Å². The Morgan fingerprint density at radius 2 is 2.00 bits per heavy atom. The molecule has 0 aromatic rings. The summed E-state index contributed by atoms with van der Waals surface area (Å²) >= 11 is 0. The molecule has 1 heterocycles. The van der Waals surface area contributed by atoms with Gasteiger partial charge in [0.15, 0.2) is 0 Å². The number of hydrogen-bond donors (Lipinski definition) is 1. The first-order valence-corrected chi connectivity index (χ1v) is 6.10. The summed E-state index contributed by atoms with van der Waals surface area (Å²) in [6, 6.07) is 0.275. The number of hydrogen-bond acceptors (Lipinski definition) is 3. The number of likely N-dealkylation sites (tertiary alicyclic amines) is 1. The summed E-state index contributed by atoms with van der Waals surface area (Å²) in [4.78, 5) is 13.7. The summed E-state index contributed by atoms with van der Waals surface area (Å²) in [6.45, 7) is 7.29. The quantitative estimate of drug-likeness (QED) is 0.682. The van der Waals surface area contributed by atoms with Crippen molar-refractivity contribution in [1.82, 2.24) is 4.90 Å². The molecule has 2 fully saturated rings. The van der Waals surface area contributed by atoms with Crippen LogP contribution in [0.1, 0.15) is 33.6 Å². The van der Waals surface area contributed by atoms with Crippen LogP contribution in [-0.2, 0) is 4.74 Å². The molecule has 0 radical (unpaired) electrons. The van der Waals surface area contributed by atoms with Gasteiger partial charge < -0.3 is 15.4 Å². The van der Waals surface area contributed by atoms with Crippen LogP contribution in [0.3, 0.4) is 0 Å². The normalized spacial score (nSPS) is 34.0. The molecule has 3 atom stereocenters. The lowest BCUT2D eigenvalue weighted by molar-refractivity contribution is 0.0279. The molecule has 4 nitrogen and oxygen atoms in total. The van der Waals surface area contributed by atoms with Gasteiger partial charge in [-0.15, -0.1) is 0 Å². The number of fused-ring (bicyclic) bond motifs is 1. The third-order valence-corrected chi connectivity index (χ3v) is 3.56. The third kappa shape index (κ3) is 2.32. The Hall–Kier alpha value is -0.770. The van der Waals surface area contributed by atoms with Crippen molar-refractivity contribution < 1.29 is 9.53 Å². The number of nitrogens with zero attached hydrogens (tertiary/aromatic N) is 1. The van der Waals surface area contributed by atoms with Crippen LogP contribution >= 0.6 is 0 Å². The van der Waals surface area contributed by atoms with Crippen molar-refractivity contribution in [3.63, 3.8) is 0 Å². The summed E-state index contributed by atoms with van der Waals surface area (Å²) in [6.07, 6.45) is 2.08. The van der Waals surface area contributed by atoms with Crippen molar-refractivity contribution in [2.75, 3.05) is 13.1 Å². The number of rotatable bonds is 0. The summed E-state index contributed by atoms with van der Waals surface area (Å²) < 4.78 is 5.37. The fourth-order valence-corrected chi connectivity index (χ4v) is 2.78. The highest BCUT2D eigenvalue weighted by Gasteiger charge is 2.43. The fraction of sp³-hybridized carbons (Fsp3) is 0.917. The average molecular weight is 226 g/mol. The van der Waals surface area contributed by atoms with E-state index < -0.39 is 5.60 Å². The van der Waals surface area contributed by atoms with E-state index in [0.29, 0.717) is 11.8 Å². The summed E-state index contributed by atoms with van der Waals surface area (Å²) in [5.74, 6) is 1.09. The van der Waals surface area contributed by atoms with Gasteiger partial charge in [0.25, 0.3) is 0 Å². The number of amides is 1. The maximum Gasteiger partial charge on any atom is 0.410 e. The third-order valence-electron chi connectivity index (χ3n) is 3.56. The smallest absolute Gasteiger partial charge is 0.410 e. The molecule has 1 unspecified atom stereocenters. The summed E-state index contributed by atoms with van der Waals surface area (Å²) in [5.41, 5.74) is 5.62. The standard InChI is InChI=1S/C12H22N2O2/c1-12(2,3)16-11(15)14-6-8-4-5-10(13)9(8)7-14/h8-10H,4-7,13H2,1-3H3/t8-,9+,10?/m0/s1. The molecule has 0 aromatic carbocycles. The second kappa shape index (κ2) is 3.91. The Morgan fingerprint density at radius 3 is 2.56 bits per heavy atom. The Kier molecular flexibility index (Phi) is 2.86. The number of carbonyl (C=O) groups excluding carboxylic acids is 1. The zero-order valence-electron chi connectivity index (χ0n) is 10.4. The molecular weight excluding hydrogens is 204 g/mol. The van der Waals surface area contributed by atoms with E-state index in [9.17, 15) is 4.79 Å². The highest BCUT2D eigenvalue weighted by molar-refractivity contribution is 5.68. The van der Waals surface area contributed by atoms with E-state index in [1.165, 1.54) is 0 Å². The highest BCUT2D eigenvalue weighted by Crippen LogP contribution is 2.37. The fourth-order valence-electron chi connectivity index (χ4n) is 2.78. The van der Waals surface area contributed by atoms with Gasteiger partial charge in [0, 0.05) is 19.1 Å². The molecule has 92 valence electrons. The van der Waals surface area contributed by atoms with Gasteiger partial charge >= 0.3 is 6.09 Å². The number of nitrogens with two attached hydrogens (primary N) is 1. The molecule has 1 saturated carbocycles. The first-order valence-electron chi connectivity index (χ1n) is 6.10. The lowest BCUT2D eigenvalue weighted by Crippen LogP contribution is -2.37. The molecule has 1 saturated heterocycles. The van der Waals surface area contributed by atoms with E-state index >= 15 is 0 Å². The van der Waals surface area contributed by atoms with Crippen molar-refractivity contribution in [3.05, 3.63) is 0 Å². The second-order valence-corrected chi connectivity index (χ2v) is 6.05. The Morgan fingerprint density at radius 1 is 1.31 bits per heavy atom. The molecule has 0 bridgehead atoms. The van der Waals surface area contributed by atoms with Gasteiger partial charge in [-0.2, -0.15) is 0 Å². The van der Waals surface area contributed by atoms with Crippen LogP contribution in [0.15, 0.2) is 0 Å². The van der Waals surface area contributed by atoms with Gasteiger partial charge in [0.1, 0.15) is 5.60 Å². The minimum Gasteiger partial charge on any atom is -0.444 e. The van der Waals surface area contributed by atoms with Crippen LogP contribution in [0.25, 0.3) is 0 Å². The predicted molar refractivity (Wildman–Crippen MR) is 62.0 cm³/mol. The zero-order valence-corrected chi connectivity index (χ0v) is 10.4. The van der Waals surface area contributed by atoms with Gasteiger partial charge in [0.2, 0.25) is 0 Å². The monoisotopic (exact) mass is 226 g/mol. The SMILES string of the molecule is CC(C)(C)OC(=O)N1C[C@@H]2CCC(N)[C@@H]2C1. The van der Waals surface area contributed by atoms with Gasteiger partial charge in [-0.3, -0.25) is 0 Å². The lowest BCUT2D eigenvalue weighted by atomic mass is 9.98. The van der Waals surface area contributed by atoms with Crippen LogP contribution in [0, 0.1) is 11.8 Å². The van der Waals surface area contributed by atoms with Gasteiger partial charge in [0.05, 0.1) is 0 Å². The molecule has 2 N–H and O–H groups in total. The van der Waals surface area contributed by atoms with E-state index in [1.807, 2.05) is 25.7 Å². The molecule has 0 spiro atoms. The predicted octanol–water partition coefficient (Wildman–Crippen LogP) is 1.59. The van der Waals surface area contributed by atoms with Crippen LogP contribution in [0.5, 0.6) is 0 Å². The van der Waals surface area contributed by atoms with Crippen LogP contribution in [0.2, 0.25) is 0 Å². The molecule has 2 aliphatic rings. The molecule has 16 heavy (non-hydrogen) atoms. The van der Waals surface area contributed by atoms with Crippen molar-refractivity contribution in [2.45, 2.75) is 45.3 Å². The van der Waals surface area contributed by atoms with E-state index in [0.717, 1.165) is 25.9 Å². The molecular formula is C12H22N2O2. The Balaban J connectivity index is 1.92. The van der Waals surface area contributed by atoms with Crippen LogP contribution in [-0.4, -0.2) is 35.7 Å². The molecule has 1 amide bonds. The molecule has 2 rings (SSSR count). The minimum absolute atomic E-state index is 0.186. The lowest BCUT2D eigenvalue weighted by Gasteiger charge is -2.25. The maximum absolute atomic E-state index is 11.9. The van der Waals surface area contributed by atoms with E-state index in [4.69, 9.17) is 10.5 Å². The van der Waals surface area contributed by atoms with Crippen LogP contribution < -0.4 is 5.73 Å². The van der Waals surface area contributed by atoms with E-state index in [2.05, 4.69) is 0 Å². The summed E-state index contributed by atoms with van der Waals surface area (Å²) in [7, 11) is 0. The largest absolute Gasteiger partial charge is 0.444 e. The first-order chi connectivity index (χ1) is 7.37.